The first kappa shape index (κ1) is 26.2. The van der Waals surface area contributed by atoms with E-state index in [0.29, 0.717) is 30.5 Å². The van der Waals surface area contributed by atoms with Gasteiger partial charge in [-0.05, 0) is 45.0 Å². The van der Waals surface area contributed by atoms with Crippen LogP contribution in [0.1, 0.15) is 20.8 Å². The predicted octanol–water partition coefficient (Wildman–Crippen LogP) is 5.49. The molecule has 0 aliphatic carbocycles. The molecular weight excluding hydrogens is 473 g/mol. The van der Waals surface area contributed by atoms with E-state index >= 15 is 0 Å². The number of rotatable bonds is 11. The molecule has 9 nitrogen and oxygen atoms in total. The van der Waals surface area contributed by atoms with Crippen LogP contribution in [0.4, 0.5) is 11.4 Å². The smallest absolute Gasteiger partial charge is 0.258 e. The van der Waals surface area contributed by atoms with Gasteiger partial charge >= 0.3 is 0 Å². The summed E-state index contributed by atoms with van der Waals surface area (Å²) in [6, 6.07) is 4.89. The Morgan fingerprint density at radius 1 is 0.939 bits per heavy atom. The van der Waals surface area contributed by atoms with Gasteiger partial charge in [-0.3, -0.25) is 9.59 Å². The fraction of sp³-hybridized carbons (Fsp3) is 0.364. The number of anilines is 1. The SMILES string of the molecule is CCOc1ccc(OCC)c(NC(=O)C(N=Nc2ccc(OC)c(Cl)c2OC)C(C)=O)c1Cl. The van der Waals surface area contributed by atoms with E-state index in [-0.39, 0.29) is 27.2 Å². The lowest BCUT2D eigenvalue weighted by molar-refractivity contribution is -0.126. The molecule has 2 rings (SSSR count). The fourth-order valence-corrected chi connectivity index (χ4v) is 3.36. The monoisotopic (exact) mass is 497 g/mol. The van der Waals surface area contributed by atoms with Crippen molar-refractivity contribution in [1.82, 2.24) is 0 Å². The third-order valence-electron chi connectivity index (χ3n) is 4.30. The highest BCUT2D eigenvalue weighted by Gasteiger charge is 2.26. The number of carbonyl (C=O) groups excluding carboxylic acids is 2. The first-order valence-corrected chi connectivity index (χ1v) is 10.7. The Morgan fingerprint density at radius 2 is 1.55 bits per heavy atom. The van der Waals surface area contributed by atoms with Crippen LogP contribution in [0.3, 0.4) is 0 Å². The van der Waals surface area contributed by atoms with Gasteiger partial charge < -0.3 is 24.3 Å². The van der Waals surface area contributed by atoms with Crippen molar-refractivity contribution in [3.63, 3.8) is 0 Å². The molecule has 0 heterocycles. The van der Waals surface area contributed by atoms with Crippen LogP contribution in [0, 0.1) is 0 Å². The summed E-state index contributed by atoms with van der Waals surface area (Å²) in [6.45, 7) is 5.52. The standard InChI is InChI=1S/C22H25Cl2N3O6/c1-6-32-15-10-11-16(33-7-2)20(17(15)23)25-22(29)19(12(3)28)27-26-13-8-9-14(30-4)18(24)21(13)31-5/h8-11,19H,6-7H2,1-5H3,(H,25,29). The minimum absolute atomic E-state index is 0.138. The molecule has 1 N–H and O–H groups in total. The number of Topliss-reactive ketones (excluding diaryl/α,β-unsaturated/α-hetero) is 1. The van der Waals surface area contributed by atoms with E-state index in [0.717, 1.165) is 0 Å². The van der Waals surface area contributed by atoms with Gasteiger partial charge in [-0.1, -0.05) is 23.2 Å². The highest BCUT2D eigenvalue weighted by atomic mass is 35.5. The van der Waals surface area contributed by atoms with Gasteiger partial charge in [-0.15, -0.1) is 0 Å². The molecule has 11 heteroatoms. The van der Waals surface area contributed by atoms with Crippen LogP contribution < -0.4 is 24.3 Å². The number of nitrogens with one attached hydrogen (secondary N) is 1. The number of hydrogen-bond acceptors (Lipinski definition) is 8. The molecule has 2 aromatic carbocycles. The molecule has 1 atom stereocenters. The maximum absolute atomic E-state index is 13.0. The number of halogens is 2. The van der Waals surface area contributed by atoms with E-state index in [9.17, 15) is 9.59 Å². The average Bonchev–Trinajstić information content (AvgIpc) is 2.78. The van der Waals surface area contributed by atoms with Gasteiger partial charge in [-0.2, -0.15) is 10.2 Å². The Balaban J connectivity index is 2.39. The molecule has 2 aromatic rings. The summed E-state index contributed by atoms with van der Waals surface area (Å²) in [4.78, 5) is 25.2. The second-order valence-corrected chi connectivity index (χ2v) is 7.22. The van der Waals surface area contributed by atoms with E-state index in [1.165, 1.54) is 27.2 Å². The lowest BCUT2D eigenvalue weighted by Gasteiger charge is -2.17. The molecule has 0 fully saturated rings. The van der Waals surface area contributed by atoms with Crippen molar-refractivity contribution >= 4 is 46.3 Å². The van der Waals surface area contributed by atoms with Crippen LogP contribution in [0.2, 0.25) is 10.0 Å². The van der Waals surface area contributed by atoms with E-state index in [2.05, 4.69) is 15.5 Å². The van der Waals surface area contributed by atoms with Crippen molar-refractivity contribution in [2.45, 2.75) is 26.8 Å². The van der Waals surface area contributed by atoms with Gasteiger partial charge in [0.1, 0.15) is 38.7 Å². The second kappa shape index (κ2) is 12.3. The number of azo groups is 1. The van der Waals surface area contributed by atoms with Crippen LogP contribution in [0.5, 0.6) is 23.0 Å². The van der Waals surface area contributed by atoms with Gasteiger partial charge in [0.05, 0.1) is 27.4 Å². The Bertz CT molecular complexity index is 1050. The van der Waals surface area contributed by atoms with Crippen molar-refractivity contribution in [3.05, 3.63) is 34.3 Å². The highest BCUT2D eigenvalue weighted by Crippen LogP contribution is 2.42. The second-order valence-electron chi connectivity index (χ2n) is 6.47. The third-order valence-corrected chi connectivity index (χ3v) is 5.03. The van der Waals surface area contributed by atoms with Crippen molar-refractivity contribution in [3.8, 4) is 23.0 Å². The molecule has 0 saturated carbocycles. The van der Waals surface area contributed by atoms with Crippen molar-refractivity contribution in [2.24, 2.45) is 10.2 Å². The van der Waals surface area contributed by atoms with Gasteiger partial charge in [0, 0.05) is 0 Å². The number of carbonyl (C=O) groups is 2. The van der Waals surface area contributed by atoms with Crippen molar-refractivity contribution in [2.75, 3.05) is 32.8 Å². The quantitative estimate of drug-likeness (QED) is 0.324. The summed E-state index contributed by atoms with van der Waals surface area (Å²) in [5.74, 6) is -0.0425. The molecule has 1 unspecified atom stereocenters. The lowest BCUT2D eigenvalue weighted by atomic mass is 10.2. The summed E-state index contributed by atoms with van der Waals surface area (Å²) in [6.07, 6.45) is 0. The lowest BCUT2D eigenvalue weighted by Crippen LogP contribution is -2.32. The Hall–Kier alpha value is -3.04. The zero-order valence-electron chi connectivity index (χ0n) is 18.9. The molecule has 1 amide bonds. The van der Waals surface area contributed by atoms with E-state index in [4.69, 9.17) is 42.1 Å². The molecule has 178 valence electrons. The molecular formula is C22H25Cl2N3O6. The molecule has 0 bridgehead atoms. The van der Waals surface area contributed by atoms with Gasteiger partial charge in [-0.25, -0.2) is 0 Å². The Morgan fingerprint density at radius 3 is 2.12 bits per heavy atom. The van der Waals surface area contributed by atoms with Gasteiger partial charge in [0.15, 0.2) is 11.5 Å². The summed E-state index contributed by atoms with van der Waals surface area (Å²) in [7, 11) is 2.86. The maximum atomic E-state index is 13.0. The number of nitrogens with zero attached hydrogens (tertiary/aromatic N) is 2. The molecule has 0 aliphatic heterocycles. The largest absolute Gasteiger partial charge is 0.495 e. The van der Waals surface area contributed by atoms with Crippen LogP contribution >= 0.6 is 23.2 Å². The summed E-state index contributed by atoms with van der Waals surface area (Å²) >= 11 is 12.6. The minimum atomic E-state index is -1.46. The van der Waals surface area contributed by atoms with Crippen LogP contribution in [-0.4, -0.2) is 45.2 Å². The van der Waals surface area contributed by atoms with E-state index < -0.39 is 17.7 Å². The summed E-state index contributed by atoms with van der Waals surface area (Å²) in [5, 5.41) is 10.9. The molecule has 0 aliphatic rings. The topological polar surface area (TPSA) is 108 Å². The fourth-order valence-electron chi connectivity index (χ4n) is 2.79. The zero-order valence-corrected chi connectivity index (χ0v) is 20.4. The number of ketones is 1. The van der Waals surface area contributed by atoms with E-state index in [1.54, 1.807) is 32.0 Å². The first-order valence-electron chi connectivity index (χ1n) is 9.99. The summed E-state index contributed by atoms with van der Waals surface area (Å²) < 4.78 is 21.4. The third kappa shape index (κ3) is 6.27. The number of methoxy groups -OCH3 is 2. The molecule has 33 heavy (non-hydrogen) atoms. The zero-order chi connectivity index (χ0) is 24.5. The normalized spacial score (nSPS) is 11.7. The van der Waals surface area contributed by atoms with Gasteiger partial charge in [0.25, 0.3) is 5.91 Å². The Kier molecular flexibility index (Phi) is 9.74. The minimum Gasteiger partial charge on any atom is -0.495 e. The highest BCUT2D eigenvalue weighted by molar-refractivity contribution is 6.36. The van der Waals surface area contributed by atoms with Crippen molar-refractivity contribution < 1.29 is 28.5 Å². The molecule has 0 aromatic heterocycles. The molecule has 0 saturated heterocycles. The van der Waals surface area contributed by atoms with Crippen LogP contribution in [0.15, 0.2) is 34.5 Å². The average molecular weight is 498 g/mol. The Labute approximate surface area is 202 Å². The van der Waals surface area contributed by atoms with Crippen LogP contribution in [-0.2, 0) is 9.59 Å². The van der Waals surface area contributed by atoms with Crippen molar-refractivity contribution in [1.29, 1.82) is 0 Å². The maximum Gasteiger partial charge on any atom is 0.258 e. The summed E-state index contributed by atoms with van der Waals surface area (Å²) in [5.41, 5.74) is 0.384. The number of hydrogen-bond donors (Lipinski definition) is 1. The molecule has 0 radical (unpaired) electrons. The number of benzene rings is 2. The predicted molar refractivity (Wildman–Crippen MR) is 126 cm³/mol. The number of amides is 1. The van der Waals surface area contributed by atoms with Gasteiger partial charge in [0.2, 0.25) is 6.04 Å². The van der Waals surface area contributed by atoms with E-state index in [1.807, 2.05) is 0 Å². The molecule has 0 spiro atoms. The number of ether oxygens (including phenoxy) is 4. The first-order chi connectivity index (χ1) is 15.8. The van der Waals surface area contributed by atoms with Crippen LogP contribution in [0.25, 0.3) is 0 Å².